The van der Waals surface area contributed by atoms with Crippen LogP contribution in [0.25, 0.3) is 0 Å². The molecular formula is C21H34N4O3. The van der Waals surface area contributed by atoms with Gasteiger partial charge < -0.3 is 25.0 Å². The molecule has 0 aliphatic carbocycles. The zero-order chi connectivity index (χ0) is 20.4. The molecule has 1 aliphatic heterocycles. The van der Waals surface area contributed by atoms with E-state index in [1.165, 1.54) is 0 Å². The first kappa shape index (κ1) is 21.9. The number of methoxy groups -OCH3 is 2. The number of amides is 1. The number of nitrogens with one attached hydrogen (secondary N) is 2. The third-order valence-corrected chi connectivity index (χ3v) is 5.00. The van der Waals surface area contributed by atoms with Crippen molar-refractivity contribution in [2.75, 3.05) is 33.9 Å². The van der Waals surface area contributed by atoms with Crippen molar-refractivity contribution in [2.24, 2.45) is 4.99 Å². The molecule has 0 bridgehead atoms. The van der Waals surface area contributed by atoms with E-state index in [-0.39, 0.29) is 0 Å². The van der Waals surface area contributed by atoms with Crippen LogP contribution < -0.4 is 20.1 Å². The van der Waals surface area contributed by atoms with Crippen LogP contribution in [0.3, 0.4) is 0 Å². The maximum Gasteiger partial charge on any atom is 0.222 e. The van der Waals surface area contributed by atoms with Crippen molar-refractivity contribution < 1.29 is 14.3 Å². The van der Waals surface area contributed by atoms with Gasteiger partial charge in [-0.2, -0.15) is 0 Å². The molecule has 1 saturated heterocycles. The summed E-state index contributed by atoms with van der Waals surface area (Å²) in [6.07, 6.45) is 3.58. The summed E-state index contributed by atoms with van der Waals surface area (Å²) in [5.74, 6) is 2.48. The van der Waals surface area contributed by atoms with Crippen LogP contribution in [0.4, 0.5) is 0 Å². The van der Waals surface area contributed by atoms with Gasteiger partial charge in [0.25, 0.3) is 0 Å². The molecule has 1 aromatic carbocycles. The number of likely N-dealkylation sites (tertiary alicyclic amines) is 1. The molecule has 1 aromatic rings. The molecule has 0 radical (unpaired) electrons. The van der Waals surface area contributed by atoms with E-state index in [2.05, 4.69) is 22.5 Å². The highest BCUT2D eigenvalue weighted by Crippen LogP contribution is 2.27. The van der Waals surface area contributed by atoms with Crippen LogP contribution in [0.15, 0.2) is 23.2 Å². The maximum absolute atomic E-state index is 12.0. The molecule has 1 fully saturated rings. The summed E-state index contributed by atoms with van der Waals surface area (Å²) in [5.41, 5.74) is 1.05. The van der Waals surface area contributed by atoms with Gasteiger partial charge in [0, 0.05) is 32.1 Å². The number of nitrogens with zero attached hydrogens (tertiary/aromatic N) is 2. The third-order valence-electron chi connectivity index (χ3n) is 5.00. The van der Waals surface area contributed by atoms with E-state index in [0.717, 1.165) is 50.4 Å². The molecule has 28 heavy (non-hydrogen) atoms. The molecule has 2 rings (SSSR count). The molecule has 156 valence electrons. The number of benzene rings is 1. The summed E-state index contributed by atoms with van der Waals surface area (Å²) in [5, 5.41) is 6.67. The van der Waals surface area contributed by atoms with E-state index >= 15 is 0 Å². The number of guanidine groups is 1. The molecule has 0 aromatic heterocycles. The molecule has 7 nitrogen and oxygen atoms in total. The van der Waals surface area contributed by atoms with Crippen molar-refractivity contribution in [3.63, 3.8) is 0 Å². The Bertz CT molecular complexity index is 663. The number of aliphatic imine (C=N–C) groups is 1. The van der Waals surface area contributed by atoms with Crippen LogP contribution in [-0.4, -0.2) is 56.7 Å². The van der Waals surface area contributed by atoms with Gasteiger partial charge in [0.05, 0.1) is 20.8 Å². The van der Waals surface area contributed by atoms with Gasteiger partial charge in [-0.25, -0.2) is 4.99 Å². The van der Waals surface area contributed by atoms with Crippen molar-refractivity contribution >= 4 is 11.9 Å². The largest absolute Gasteiger partial charge is 0.493 e. The Labute approximate surface area is 168 Å². The van der Waals surface area contributed by atoms with E-state index in [0.29, 0.717) is 36.4 Å². The second kappa shape index (κ2) is 11.4. The minimum absolute atomic E-state index is 0.292. The Kier molecular flexibility index (Phi) is 8.91. The number of carbonyl (C=O) groups is 1. The van der Waals surface area contributed by atoms with Crippen LogP contribution in [0, 0.1) is 0 Å². The van der Waals surface area contributed by atoms with E-state index in [4.69, 9.17) is 9.47 Å². The summed E-state index contributed by atoms with van der Waals surface area (Å²) >= 11 is 0. The quantitative estimate of drug-likeness (QED) is 0.474. The number of hydrogen-bond acceptors (Lipinski definition) is 4. The molecule has 1 atom stereocenters. The minimum Gasteiger partial charge on any atom is -0.493 e. The number of hydrogen-bond donors (Lipinski definition) is 2. The molecule has 1 amide bonds. The van der Waals surface area contributed by atoms with Crippen LogP contribution in [0.5, 0.6) is 11.5 Å². The normalized spacial score (nSPS) is 15.5. The topological polar surface area (TPSA) is 75.2 Å². The SMILES string of the molecule is CCNC(=NCc1ccc(OC)c(OC)c1)NCCC(CC)N1CCCC1=O. The standard InChI is InChI=1S/C21H34N4O3/c1-5-17(25-13-7-8-20(25)26)11-12-23-21(22-6-2)24-15-16-9-10-18(27-3)19(14-16)28-4/h9-10,14,17H,5-8,11-13,15H2,1-4H3,(H2,22,23,24). The lowest BCUT2D eigenvalue weighted by Gasteiger charge is -2.27. The van der Waals surface area contributed by atoms with Crippen LogP contribution in [-0.2, 0) is 11.3 Å². The molecular weight excluding hydrogens is 356 g/mol. The summed E-state index contributed by atoms with van der Waals surface area (Å²) in [6.45, 7) is 7.19. The number of rotatable bonds is 10. The van der Waals surface area contributed by atoms with Crippen molar-refractivity contribution in [1.82, 2.24) is 15.5 Å². The van der Waals surface area contributed by atoms with Crippen LogP contribution in [0.2, 0.25) is 0 Å². The molecule has 7 heteroatoms. The lowest BCUT2D eigenvalue weighted by molar-refractivity contribution is -0.129. The molecule has 2 N–H and O–H groups in total. The van der Waals surface area contributed by atoms with Gasteiger partial charge in [-0.1, -0.05) is 13.0 Å². The van der Waals surface area contributed by atoms with E-state index < -0.39 is 0 Å². The lowest BCUT2D eigenvalue weighted by Crippen LogP contribution is -2.42. The number of carbonyl (C=O) groups excluding carboxylic acids is 1. The fraction of sp³-hybridized carbons (Fsp3) is 0.619. The Hall–Kier alpha value is -2.44. The first-order valence-corrected chi connectivity index (χ1v) is 10.1. The maximum atomic E-state index is 12.0. The molecule has 0 spiro atoms. The lowest BCUT2D eigenvalue weighted by atomic mass is 10.1. The van der Waals surface area contributed by atoms with E-state index in [1.807, 2.05) is 30.0 Å². The van der Waals surface area contributed by atoms with Crippen molar-refractivity contribution in [3.8, 4) is 11.5 Å². The van der Waals surface area contributed by atoms with Gasteiger partial charge in [0.1, 0.15) is 0 Å². The summed E-state index contributed by atoms with van der Waals surface area (Å²) < 4.78 is 10.6. The van der Waals surface area contributed by atoms with Gasteiger partial charge in [-0.05, 0) is 43.9 Å². The Morgan fingerprint density at radius 1 is 1.21 bits per heavy atom. The fourth-order valence-corrected chi connectivity index (χ4v) is 3.48. The van der Waals surface area contributed by atoms with Crippen LogP contribution >= 0.6 is 0 Å². The average Bonchev–Trinajstić information content (AvgIpc) is 3.14. The monoisotopic (exact) mass is 390 g/mol. The molecule has 1 heterocycles. The summed E-state index contributed by atoms with van der Waals surface area (Å²) in [6, 6.07) is 6.12. The highest BCUT2D eigenvalue weighted by molar-refractivity contribution is 5.80. The predicted molar refractivity (Wildman–Crippen MR) is 112 cm³/mol. The average molecular weight is 391 g/mol. The van der Waals surface area contributed by atoms with Gasteiger partial charge in [-0.15, -0.1) is 0 Å². The van der Waals surface area contributed by atoms with Gasteiger partial charge in [-0.3, -0.25) is 4.79 Å². The molecule has 1 aliphatic rings. The molecule has 0 saturated carbocycles. The smallest absolute Gasteiger partial charge is 0.222 e. The zero-order valence-corrected chi connectivity index (χ0v) is 17.6. The van der Waals surface area contributed by atoms with E-state index in [9.17, 15) is 4.79 Å². The summed E-state index contributed by atoms with van der Waals surface area (Å²) in [4.78, 5) is 18.7. The first-order valence-electron chi connectivity index (χ1n) is 10.1. The number of ether oxygens (including phenoxy) is 2. The Morgan fingerprint density at radius 2 is 2.00 bits per heavy atom. The van der Waals surface area contributed by atoms with Crippen molar-refractivity contribution in [1.29, 1.82) is 0 Å². The highest BCUT2D eigenvalue weighted by Gasteiger charge is 2.26. The Morgan fingerprint density at radius 3 is 2.61 bits per heavy atom. The van der Waals surface area contributed by atoms with Gasteiger partial charge in [0.15, 0.2) is 17.5 Å². The fourth-order valence-electron chi connectivity index (χ4n) is 3.48. The second-order valence-electron chi connectivity index (χ2n) is 6.85. The zero-order valence-electron chi connectivity index (χ0n) is 17.6. The van der Waals surface area contributed by atoms with E-state index in [1.54, 1.807) is 14.2 Å². The first-order chi connectivity index (χ1) is 13.6. The molecule has 1 unspecified atom stereocenters. The summed E-state index contributed by atoms with van der Waals surface area (Å²) in [7, 11) is 3.26. The van der Waals surface area contributed by atoms with Crippen molar-refractivity contribution in [2.45, 2.75) is 52.1 Å². The Balaban J connectivity index is 1.92. The second-order valence-corrected chi connectivity index (χ2v) is 6.85. The third kappa shape index (κ3) is 6.04. The minimum atomic E-state index is 0.292. The van der Waals surface area contributed by atoms with Gasteiger partial charge >= 0.3 is 0 Å². The highest BCUT2D eigenvalue weighted by atomic mass is 16.5. The predicted octanol–water partition coefficient (Wildman–Crippen LogP) is 2.55. The van der Waals surface area contributed by atoms with Crippen molar-refractivity contribution in [3.05, 3.63) is 23.8 Å². The van der Waals surface area contributed by atoms with Gasteiger partial charge in [0.2, 0.25) is 5.91 Å². The van der Waals surface area contributed by atoms with Crippen LogP contribution in [0.1, 0.15) is 45.1 Å².